The first-order chi connectivity index (χ1) is 9.46. The molecule has 2 aromatic rings. The molecule has 0 unspecified atom stereocenters. The molecule has 4 nitrogen and oxygen atoms in total. The molecule has 2 N–H and O–H groups in total. The Labute approximate surface area is 113 Å². The van der Waals surface area contributed by atoms with Crippen LogP contribution in [0.15, 0.2) is 36.7 Å². The molecule has 0 saturated carbocycles. The van der Waals surface area contributed by atoms with Gasteiger partial charge in [-0.2, -0.15) is 18.3 Å². The van der Waals surface area contributed by atoms with Crippen LogP contribution in [0.1, 0.15) is 22.3 Å². The van der Waals surface area contributed by atoms with Crippen molar-refractivity contribution in [1.82, 2.24) is 10.2 Å². The predicted molar refractivity (Wildman–Crippen MR) is 67.4 cm³/mol. The fourth-order valence-electron chi connectivity index (χ4n) is 1.71. The minimum absolute atomic E-state index is 0.175. The number of hydrogen-bond donors (Lipinski definition) is 2. The van der Waals surface area contributed by atoms with Gasteiger partial charge in [-0.1, -0.05) is 18.2 Å². The number of hydrogen-bond acceptors (Lipinski definition) is 2. The molecule has 1 heterocycles. The van der Waals surface area contributed by atoms with Crippen molar-refractivity contribution in [3.8, 4) is 0 Å². The summed E-state index contributed by atoms with van der Waals surface area (Å²) in [6, 6.07) is 6.43. The van der Waals surface area contributed by atoms with Gasteiger partial charge >= 0.3 is 6.18 Å². The Hall–Kier alpha value is -2.31. The van der Waals surface area contributed by atoms with Gasteiger partial charge < -0.3 is 5.32 Å². The molecular formula is C13H12F3N3O. The van der Waals surface area contributed by atoms with Gasteiger partial charge in [-0.15, -0.1) is 0 Å². The van der Waals surface area contributed by atoms with Gasteiger partial charge in [0.05, 0.1) is 11.8 Å². The number of carbonyl (C=O) groups excluding carboxylic acids is 1. The Morgan fingerprint density at radius 1 is 1.30 bits per heavy atom. The molecule has 0 aliphatic carbocycles. The number of nitrogens with one attached hydrogen (secondary N) is 2. The third-order valence-electron chi connectivity index (χ3n) is 2.70. The molecular weight excluding hydrogens is 271 g/mol. The maximum atomic E-state index is 12.3. The van der Waals surface area contributed by atoms with Crippen LogP contribution in [0.5, 0.6) is 0 Å². The van der Waals surface area contributed by atoms with E-state index < -0.39 is 18.5 Å². The fraction of sp³-hybridized carbons (Fsp3) is 0.231. The van der Waals surface area contributed by atoms with Crippen LogP contribution in [-0.2, 0) is 6.42 Å². The summed E-state index contributed by atoms with van der Waals surface area (Å²) in [4.78, 5) is 11.8. The lowest BCUT2D eigenvalue weighted by Crippen LogP contribution is -2.14. The lowest BCUT2D eigenvalue weighted by atomic mass is 10.1. The van der Waals surface area contributed by atoms with Crippen LogP contribution < -0.4 is 5.32 Å². The highest BCUT2D eigenvalue weighted by Crippen LogP contribution is 2.25. The van der Waals surface area contributed by atoms with Crippen molar-refractivity contribution in [2.24, 2.45) is 0 Å². The van der Waals surface area contributed by atoms with Crippen molar-refractivity contribution < 1.29 is 18.0 Å². The summed E-state index contributed by atoms with van der Waals surface area (Å²) in [6.07, 6.45) is -2.57. The number of anilines is 1. The fourth-order valence-corrected chi connectivity index (χ4v) is 1.71. The molecule has 1 amide bonds. The Kier molecular flexibility index (Phi) is 4.07. The second-order valence-corrected chi connectivity index (χ2v) is 4.21. The number of alkyl halides is 3. The lowest BCUT2D eigenvalue weighted by Gasteiger charge is -2.11. The molecule has 0 bridgehead atoms. The van der Waals surface area contributed by atoms with Crippen LogP contribution in [0.25, 0.3) is 0 Å². The number of halogens is 3. The highest BCUT2D eigenvalue weighted by molar-refractivity contribution is 6.04. The zero-order valence-corrected chi connectivity index (χ0v) is 10.4. The first kappa shape index (κ1) is 14.1. The maximum Gasteiger partial charge on any atom is 0.389 e. The van der Waals surface area contributed by atoms with E-state index in [1.807, 2.05) is 0 Å². The van der Waals surface area contributed by atoms with Crippen molar-refractivity contribution in [3.63, 3.8) is 0 Å². The van der Waals surface area contributed by atoms with Gasteiger partial charge in [0.1, 0.15) is 0 Å². The second kappa shape index (κ2) is 5.77. The zero-order valence-electron chi connectivity index (χ0n) is 10.4. The van der Waals surface area contributed by atoms with Gasteiger partial charge in [0.25, 0.3) is 5.91 Å². The van der Waals surface area contributed by atoms with Gasteiger partial charge in [0.15, 0.2) is 0 Å². The molecule has 0 aliphatic heterocycles. The van der Waals surface area contributed by atoms with Crippen LogP contribution >= 0.6 is 0 Å². The highest BCUT2D eigenvalue weighted by atomic mass is 19.4. The predicted octanol–water partition coefficient (Wildman–Crippen LogP) is 3.16. The topological polar surface area (TPSA) is 57.8 Å². The van der Waals surface area contributed by atoms with Crippen molar-refractivity contribution in [2.75, 3.05) is 5.32 Å². The van der Waals surface area contributed by atoms with Crippen LogP contribution in [0, 0.1) is 0 Å². The molecule has 0 aliphatic rings. The molecule has 1 aromatic carbocycles. The Bertz CT molecular complexity index is 579. The maximum absolute atomic E-state index is 12.3. The Morgan fingerprint density at radius 3 is 2.70 bits per heavy atom. The minimum atomic E-state index is -4.22. The largest absolute Gasteiger partial charge is 0.389 e. The average molecular weight is 283 g/mol. The highest BCUT2D eigenvalue weighted by Gasteiger charge is 2.27. The van der Waals surface area contributed by atoms with Crippen molar-refractivity contribution in [1.29, 1.82) is 0 Å². The van der Waals surface area contributed by atoms with E-state index in [0.29, 0.717) is 16.8 Å². The zero-order chi connectivity index (χ0) is 14.6. The van der Waals surface area contributed by atoms with E-state index in [-0.39, 0.29) is 6.42 Å². The number of aromatic amines is 1. The van der Waals surface area contributed by atoms with Gasteiger partial charge in [0, 0.05) is 18.3 Å². The van der Waals surface area contributed by atoms with Crippen molar-refractivity contribution >= 4 is 11.6 Å². The normalized spacial score (nSPS) is 11.3. The van der Waals surface area contributed by atoms with Crippen LogP contribution in [-0.4, -0.2) is 22.3 Å². The van der Waals surface area contributed by atoms with Gasteiger partial charge in [-0.25, -0.2) is 0 Å². The Balaban J connectivity index is 2.10. The summed E-state index contributed by atoms with van der Waals surface area (Å²) in [5, 5.41) is 8.72. The SMILES string of the molecule is O=C(Nc1ccccc1CCC(F)(F)F)c1cn[nH]c1. The smallest absolute Gasteiger partial charge is 0.322 e. The molecule has 20 heavy (non-hydrogen) atoms. The summed E-state index contributed by atoms with van der Waals surface area (Å²) in [7, 11) is 0. The quantitative estimate of drug-likeness (QED) is 0.905. The summed E-state index contributed by atoms with van der Waals surface area (Å²) < 4.78 is 36.8. The molecule has 0 atom stereocenters. The molecule has 1 aromatic heterocycles. The minimum Gasteiger partial charge on any atom is -0.322 e. The molecule has 0 fully saturated rings. The number of amides is 1. The monoisotopic (exact) mass is 283 g/mol. The third-order valence-corrected chi connectivity index (χ3v) is 2.70. The lowest BCUT2D eigenvalue weighted by molar-refractivity contribution is -0.133. The number of nitrogens with zero attached hydrogens (tertiary/aromatic N) is 1. The van der Waals surface area contributed by atoms with E-state index in [0.717, 1.165) is 0 Å². The van der Waals surface area contributed by atoms with E-state index in [9.17, 15) is 18.0 Å². The first-order valence-corrected chi connectivity index (χ1v) is 5.90. The number of para-hydroxylation sites is 1. The second-order valence-electron chi connectivity index (χ2n) is 4.21. The molecule has 0 saturated heterocycles. The Morgan fingerprint density at radius 2 is 2.05 bits per heavy atom. The van der Waals surface area contributed by atoms with E-state index in [1.165, 1.54) is 12.4 Å². The number of benzene rings is 1. The van der Waals surface area contributed by atoms with Crippen LogP contribution in [0.3, 0.4) is 0 Å². The molecule has 0 spiro atoms. The summed E-state index contributed by atoms with van der Waals surface area (Å²) in [5.74, 6) is -0.418. The number of carbonyl (C=O) groups is 1. The van der Waals surface area contributed by atoms with Gasteiger partial charge in [-0.05, 0) is 18.1 Å². The molecule has 0 radical (unpaired) electrons. The molecule has 7 heteroatoms. The standard InChI is InChI=1S/C13H12F3N3O/c14-13(15,16)6-5-9-3-1-2-4-11(9)19-12(20)10-7-17-18-8-10/h1-4,7-8H,5-6H2,(H,17,18)(H,19,20). The first-order valence-electron chi connectivity index (χ1n) is 5.90. The number of aromatic nitrogens is 2. The van der Waals surface area contributed by atoms with E-state index in [4.69, 9.17) is 0 Å². The molecule has 2 rings (SSSR count). The number of aryl methyl sites for hydroxylation is 1. The van der Waals surface area contributed by atoms with E-state index in [2.05, 4.69) is 15.5 Å². The summed E-state index contributed by atoms with van der Waals surface area (Å²) in [6.45, 7) is 0. The van der Waals surface area contributed by atoms with Crippen LogP contribution in [0.2, 0.25) is 0 Å². The number of rotatable bonds is 4. The third kappa shape index (κ3) is 3.84. The summed E-state index contributed by atoms with van der Waals surface area (Å²) in [5.41, 5.74) is 1.14. The van der Waals surface area contributed by atoms with Crippen LogP contribution in [0.4, 0.5) is 18.9 Å². The van der Waals surface area contributed by atoms with E-state index >= 15 is 0 Å². The molecule has 106 valence electrons. The number of H-pyrrole nitrogens is 1. The van der Waals surface area contributed by atoms with Gasteiger partial charge in [0.2, 0.25) is 0 Å². The van der Waals surface area contributed by atoms with Crippen molar-refractivity contribution in [3.05, 3.63) is 47.8 Å². The average Bonchev–Trinajstić information content (AvgIpc) is 2.90. The van der Waals surface area contributed by atoms with E-state index in [1.54, 1.807) is 24.3 Å². The van der Waals surface area contributed by atoms with Crippen molar-refractivity contribution in [2.45, 2.75) is 19.0 Å². The summed E-state index contributed by atoms with van der Waals surface area (Å²) >= 11 is 0. The van der Waals surface area contributed by atoms with Gasteiger partial charge in [-0.3, -0.25) is 9.89 Å².